The normalized spacial score (nSPS) is 9.93. The Bertz CT molecular complexity index is 2440. The van der Waals surface area contributed by atoms with Crippen LogP contribution in [0.2, 0.25) is 0 Å². The van der Waals surface area contributed by atoms with Crippen LogP contribution < -0.4 is 0 Å². The quantitative estimate of drug-likeness (QED) is 0.183. The second-order valence-electron chi connectivity index (χ2n) is 10.8. The summed E-state index contributed by atoms with van der Waals surface area (Å²) in [6.45, 7) is 0. The first-order chi connectivity index (χ1) is 25.9. The standard InChI is InChI=1S/2C10H8N2.2C9H7NO4S.3Ag.2H2O/c2*1-5-11-6-2-9(1)10-3-7-12-8-4-10;2*11-7-3-4-8(15(12,13)14)6-2-1-5-10-9(6)7;;;;;/h2*1-8H;2*1-5,11H,(H,12,13,14);;;;2*1H2/q;;;;;2*+1;;/p-2. The van der Waals surface area contributed by atoms with Crippen molar-refractivity contribution in [3.63, 3.8) is 0 Å². The topological polar surface area (TPSA) is 295 Å². The maximum Gasteiger partial charge on any atom is 1.00 e. The van der Waals surface area contributed by atoms with Crippen molar-refractivity contribution in [3.8, 4) is 33.8 Å². The van der Waals surface area contributed by atoms with Crippen LogP contribution in [0.4, 0.5) is 0 Å². The van der Waals surface area contributed by atoms with E-state index < -0.39 is 20.2 Å². The number of rotatable bonds is 4. The summed E-state index contributed by atoms with van der Waals surface area (Å²) in [6.07, 6.45) is 17.1. The predicted molar refractivity (Wildman–Crippen MR) is 205 cm³/mol. The molecular weight excluding hydrogens is 1090 g/mol. The Balaban J connectivity index is 0.000000743. The van der Waals surface area contributed by atoms with Gasteiger partial charge in [0, 0.05) is 95.1 Å². The van der Waals surface area contributed by atoms with Crippen LogP contribution in [0.1, 0.15) is 0 Å². The van der Waals surface area contributed by atoms with Gasteiger partial charge in [-0.25, -0.2) is 16.8 Å². The first-order valence-corrected chi connectivity index (χ1v) is 18.4. The molecular formula is C38H32Ag3N6O10S2. The first kappa shape index (κ1) is 54.4. The van der Waals surface area contributed by atoms with Gasteiger partial charge >= 0.3 is 44.8 Å². The monoisotopic (exact) mass is 1120 g/mol. The van der Waals surface area contributed by atoms with E-state index in [9.17, 15) is 36.2 Å². The van der Waals surface area contributed by atoms with Gasteiger partial charge in [0.15, 0.2) is 0 Å². The number of nitrogens with zero attached hydrogens (tertiary/aromatic N) is 6. The van der Waals surface area contributed by atoms with Gasteiger partial charge in [-0.05, 0) is 119 Å². The third-order valence-electron chi connectivity index (χ3n) is 7.34. The summed E-state index contributed by atoms with van der Waals surface area (Å²) in [5.41, 5.74) is 4.91. The Morgan fingerprint density at radius 3 is 0.898 bits per heavy atom. The predicted octanol–water partition coefficient (Wildman–Crippen LogP) is 4.32. The van der Waals surface area contributed by atoms with Crippen LogP contribution in [0.15, 0.2) is 169 Å². The van der Waals surface area contributed by atoms with Crippen LogP contribution in [-0.2, 0) is 87.4 Å². The fraction of sp³-hybridized carbons (Fsp3) is 0. The number of benzene rings is 2. The smallest absolute Gasteiger partial charge is 0.744 e. The first-order valence-electron chi connectivity index (χ1n) is 15.6. The second kappa shape index (κ2) is 25.8. The molecule has 0 saturated heterocycles. The molecule has 0 spiro atoms. The molecule has 8 aromatic rings. The van der Waals surface area contributed by atoms with Crippen molar-refractivity contribution in [2.45, 2.75) is 9.79 Å². The largest absolute Gasteiger partial charge is 1.00 e. The molecule has 6 N–H and O–H groups in total. The fourth-order valence-corrected chi connectivity index (χ4v) is 6.21. The van der Waals surface area contributed by atoms with E-state index in [0.717, 1.165) is 24.3 Å². The average Bonchev–Trinajstić information content (AvgIpc) is 3.19. The molecule has 0 aliphatic rings. The Hall–Kier alpha value is -4.58. The number of pyridine rings is 6. The summed E-state index contributed by atoms with van der Waals surface area (Å²) in [5, 5.41) is 19.1. The van der Waals surface area contributed by atoms with E-state index in [4.69, 9.17) is 0 Å². The fourth-order valence-electron chi connectivity index (χ4n) is 4.88. The van der Waals surface area contributed by atoms with Crippen molar-refractivity contribution in [2.75, 3.05) is 0 Å². The molecule has 319 valence electrons. The number of aromatic nitrogens is 6. The zero-order valence-corrected chi connectivity index (χ0v) is 35.8. The number of phenols is 2. The van der Waals surface area contributed by atoms with Gasteiger partial charge in [-0.3, -0.25) is 29.9 Å². The van der Waals surface area contributed by atoms with Crippen LogP contribution in [-0.4, -0.2) is 77.0 Å². The molecule has 0 aliphatic carbocycles. The Morgan fingerprint density at radius 1 is 0.407 bits per heavy atom. The van der Waals surface area contributed by atoms with Gasteiger partial charge in [-0.15, -0.1) is 0 Å². The summed E-state index contributed by atoms with van der Waals surface area (Å²) in [7, 11) is -9.09. The van der Waals surface area contributed by atoms with E-state index in [1.54, 1.807) is 49.6 Å². The molecule has 1 radical (unpaired) electrons. The van der Waals surface area contributed by atoms with E-state index in [1.807, 2.05) is 48.5 Å². The van der Waals surface area contributed by atoms with Gasteiger partial charge in [0.05, 0.1) is 9.79 Å². The average molecular weight is 1120 g/mol. The molecule has 0 saturated carbocycles. The minimum absolute atomic E-state index is 0. The summed E-state index contributed by atoms with van der Waals surface area (Å²) in [6, 6.07) is 26.1. The van der Waals surface area contributed by atoms with E-state index >= 15 is 0 Å². The van der Waals surface area contributed by atoms with Crippen molar-refractivity contribution in [1.82, 2.24) is 29.9 Å². The summed E-state index contributed by atoms with van der Waals surface area (Å²) in [4.78, 5) is 22.7. The maximum absolute atomic E-state index is 10.9. The Morgan fingerprint density at radius 2 is 0.661 bits per heavy atom. The van der Waals surface area contributed by atoms with E-state index in [-0.39, 0.29) is 121 Å². The van der Waals surface area contributed by atoms with Crippen molar-refractivity contribution >= 4 is 42.0 Å². The van der Waals surface area contributed by atoms with E-state index in [2.05, 4.69) is 29.9 Å². The summed E-state index contributed by atoms with van der Waals surface area (Å²) < 4.78 is 65.4. The van der Waals surface area contributed by atoms with Crippen molar-refractivity contribution in [2.24, 2.45) is 0 Å². The number of phenolic OH excluding ortho intramolecular Hbond substituents is 2. The molecule has 16 nitrogen and oxygen atoms in total. The molecule has 2 aromatic carbocycles. The third kappa shape index (κ3) is 15.5. The molecule has 0 fully saturated rings. The minimum Gasteiger partial charge on any atom is -0.744 e. The van der Waals surface area contributed by atoms with Crippen molar-refractivity contribution < 1.29 is 114 Å². The van der Waals surface area contributed by atoms with Crippen LogP contribution in [0.3, 0.4) is 0 Å². The second-order valence-corrected chi connectivity index (χ2v) is 13.5. The molecule has 6 aromatic heterocycles. The van der Waals surface area contributed by atoms with Gasteiger partial charge < -0.3 is 30.3 Å². The maximum atomic E-state index is 10.9. The van der Waals surface area contributed by atoms with Gasteiger partial charge in [0.2, 0.25) is 0 Å². The Kier molecular flexibility index (Phi) is 23.8. The molecule has 0 unspecified atom stereocenters. The third-order valence-corrected chi connectivity index (χ3v) is 9.13. The van der Waals surface area contributed by atoms with Crippen molar-refractivity contribution in [3.05, 3.63) is 159 Å². The molecule has 6 heterocycles. The zero-order chi connectivity index (χ0) is 38.6. The van der Waals surface area contributed by atoms with E-state index in [1.165, 1.54) is 58.9 Å². The number of hydrogen-bond acceptors (Lipinski definition) is 14. The van der Waals surface area contributed by atoms with Crippen LogP contribution in [0.5, 0.6) is 11.5 Å². The molecule has 8 rings (SSSR count). The van der Waals surface area contributed by atoms with Gasteiger partial charge in [-0.2, -0.15) is 0 Å². The van der Waals surface area contributed by atoms with Crippen LogP contribution in [0, 0.1) is 0 Å². The number of fused-ring (bicyclic) bond motifs is 2. The van der Waals surface area contributed by atoms with Gasteiger partial charge in [-0.1, -0.05) is 0 Å². The minimum atomic E-state index is -4.55. The SMILES string of the molecule is O.O.O=S(=O)([O-])c1ccc(O)c2ncccc12.O=S(=O)([O-])c1ccc(O)c2ncccc12.[Ag+].[Ag+].[Ag].c1cc(-c2ccncc2)ccn1.c1cc(-c2ccncc2)ccn1. The summed E-state index contributed by atoms with van der Waals surface area (Å²) in [5.74, 6) is -0.309. The molecule has 21 heteroatoms. The van der Waals surface area contributed by atoms with E-state index in [0.29, 0.717) is 0 Å². The van der Waals surface area contributed by atoms with Crippen molar-refractivity contribution in [1.29, 1.82) is 0 Å². The molecule has 59 heavy (non-hydrogen) atoms. The van der Waals surface area contributed by atoms with Gasteiger partial charge in [0.1, 0.15) is 42.8 Å². The molecule has 0 bridgehead atoms. The van der Waals surface area contributed by atoms with Crippen LogP contribution >= 0.6 is 0 Å². The number of hydrogen-bond donors (Lipinski definition) is 2. The van der Waals surface area contributed by atoms with Crippen LogP contribution in [0.25, 0.3) is 44.1 Å². The Labute approximate surface area is 385 Å². The summed E-state index contributed by atoms with van der Waals surface area (Å²) >= 11 is 0. The van der Waals surface area contributed by atoms with Gasteiger partial charge in [0.25, 0.3) is 0 Å². The molecule has 0 amide bonds. The molecule has 0 aliphatic heterocycles. The zero-order valence-electron chi connectivity index (χ0n) is 29.8. The number of aromatic hydroxyl groups is 2. The molecule has 0 atom stereocenters.